The average Bonchev–Trinajstić information content (AvgIpc) is 3.07. The van der Waals surface area contributed by atoms with E-state index in [0.717, 1.165) is 11.2 Å². The van der Waals surface area contributed by atoms with Gasteiger partial charge in [0.15, 0.2) is 0 Å². The largest absolute Gasteiger partial charge is 0.444 e. The van der Waals surface area contributed by atoms with E-state index in [1.807, 2.05) is 0 Å². The van der Waals surface area contributed by atoms with Crippen LogP contribution in [0.4, 0.5) is 4.79 Å². The van der Waals surface area contributed by atoms with E-state index in [2.05, 4.69) is 0 Å². The zero-order valence-electron chi connectivity index (χ0n) is 16.7. The second-order valence-electron chi connectivity index (χ2n) is 8.21. The van der Waals surface area contributed by atoms with Crippen molar-refractivity contribution in [1.82, 2.24) is 9.80 Å². The Morgan fingerprint density at radius 3 is 2.17 bits per heavy atom. The highest BCUT2D eigenvalue weighted by Crippen LogP contribution is 2.28. The Hall–Kier alpha value is -2.46. The fourth-order valence-electron chi connectivity index (χ4n) is 3.52. The summed E-state index contributed by atoms with van der Waals surface area (Å²) < 4.78 is 33.5. The van der Waals surface area contributed by atoms with Crippen molar-refractivity contribution in [3.63, 3.8) is 0 Å². The van der Waals surface area contributed by atoms with E-state index in [1.54, 1.807) is 45.0 Å². The second kappa shape index (κ2) is 7.42. The Morgan fingerprint density at radius 1 is 1.14 bits per heavy atom. The van der Waals surface area contributed by atoms with Crippen molar-refractivity contribution in [3.05, 3.63) is 35.4 Å². The lowest BCUT2D eigenvalue weighted by atomic mass is 10.1. The lowest BCUT2D eigenvalue weighted by molar-refractivity contribution is 0.0181. The van der Waals surface area contributed by atoms with Crippen LogP contribution in [0.3, 0.4) is 0 Å². The molecule has 10 heteroatoms. The number of hydrogen-bond acceptors (Lipinski definition) is 7. The van der Waals surface area contributed by atoms with E-state index in [4.69, 9.17) is 8.92 Å². The number of nitrogens with zero attached hydrogens (tertiary/aromatic N) is 2. The summed E-state index contributed by atoms with van der Waals surface area (Å²) in [5.74, 6) is -0.885. The van der Waals surface area contributed by atoms with Crippen LogP contribution in [0.2, 0.25) is 0 Å². The lowest BCUT2D eigenvalue weighted by Crippen LogP contribution is -2.46. The van der Waals surface area contributed by atoms with Crippen LogP contribution in [0.5, 0.6) is 0 Å². The number of carbonyl (C=O) groups is 3. The molecule has 0 spiro atoms. The zero-order valence-corrected chi connectivity index (χ0v) is 17.6. The van der Waals surface area contributed by atoms with Crippen LogP contribution in [-0.4, -0.2) is 73.2 Å². The summed E-state index contributed by atoms with van der Waals surface area (Å²) in [5, 5.41) is 0. The molecule has 158 valence electrons. The second-order valence-corrected chi connectivity index (χ2v) is 9.81. The molecule has 2 heterocycles. The van der Waals surface area contributed by atoms with Crippen molar-refractivity contribution < 1.29 is 31.7 Å². The SMILES string of the molecule is CC(C)(C)OC(=O)N1C[C@H](OS(C)(=O)=O)C[C@H]1CN1C(=O)c2ccccc2C1=O. The van der Waals surface area contributed by atoms with Gasteiger partial charge in [0.05, 0.1) is 42.6 Å². The van der Waals surface area contributed by atoms with E-state index < -0.39 is 45.8 Å². The predicted octanol–water partition coefficient (Wildman–Crippen LogP) is 1.64. The minimum Gasteiger partial charge on any atom is -0.444 e. The molecular weight excluding hydrogens is 400 g/mol. The molecule has 1 aromatic rings. The Balaban J connectivity index is 1.81. The first-order chi connectivity index (χ1) is 13.4. The van der Waals surface area contributed by atoms with Crippen LogP contribution < -0.4 is 0 Å². The zero-order chi connectivity index (χ0) is 21.6. The molecule has 2 aliphatic heterocycles. The fraction of sp³-hybridized carbons (Fsp3) is 0.526. The van der Waals surface area contributed by atoms with E-state index in [0.29, 0.717) is 11.1 Å². The van der Waals surface area contributed by atoms with Gasteiger partial charge < -0.3 is 9.64 Å². The Labute approximate surface area is 169 Å². The van der Waals surface area contributed by atoms with Gasteiger partial charge in [-0.2, -0.15) is 8.42 Å². The van der Waals surface area contributed by atoms with Crippen molar-refractivity contribution >= 4 is 28.0 Å². The maximum absolute atomic E-state index is 12.7. The van der Waals surface area contributed by atoms with E-state index in [9.17, 15) is 22.8 Å². The molecule has 1 fully saturated rings. The lowest BCUT2D eigenvalue weighted by Gasteiger charge is -2.30. The number of amides is 3. The van der Waals surface area contributed by atoms with Crippen LogP contribution in [0, 0.1) is 0 Å². The third-order valence-corrected chi connectivity index (χ3v) is 5.21. The van der Waals surface area contributed by atoms with Gasteiger partial charge in [0.2, 0.25) is 0 Å². The average molecular weight is 424 g/mol. The molecule has 0 radical (unpaired) electrons. The number of hydrogen-bond donors (Lipinski definition) is 0. The molecule has 3 amide bonds. The van der Waals surface area contributed by atoms with Crippen LogP contribution in [0.15, 0.2) is 24.3 Å². The summed E-state index contributed by atoms with van der Waals surface area (Å²) in [6, 6.07) is 5.87. The number of fused-ring (bicyclic) bond motifs is 1. The molecule has 0 saturated carbocycles. The van der Waals surface area contributed by atoms with Gasteiger partial charge in [0.1, 0.15) is 5.60 Å². The maximum atomic E-state index is 12.7. The molecule has 1 aromatic carbocycles. The van der Waals surface area contributed by atoms with E-state index in [-0.39, 0.29) is 19.5 Å². The van der Waals surface area contributed by atoms with Gasteiger partial charge in [-0.1, -0.05) is 12.1 Å². The number of imide groups is 1. The van der Waals surface area contributed by atoms with Crippen molar-refractivity contribution in [3.8, 4) is 0 Å². The van der Waals surface area contributed by atoms with Crippen molar-refractivity contribution in [2.24, 2.45) is 0 Å². The highest BCUT2D eigenvalue weighted by atomic mass is 32.2. The van der Waals surface area contributed by atoms with Crippen LogP contribution in [0.1, 0.15) is 47.9 Å². The quantitative estimate of drug-likeness (QED) is 0.534. The third kappa shape index (κ3) is 4.76. The molecule has 2 atom stereocenters. The predicted molar refractivity (Wildman–Crippen MR) is 103 cm³/mol. The van der Waals surface area contributed by atoms with Crippen LogP contribution in [-0.2, 0) is 19.0 Å². The number of rotatable bonds is 4. The van der Waals surface area contributed by atoms with E-state index >= 15 is 0 Å². The summed E-state index contributed by atoms with van der Waals surface area (Å²) >= 11 is 0. The van der Waals surface area contributed by atoms with Crippen molar-refractivity contribution in [1.29, 1.82) is 0 Å². The third-order valence-electron chi connectivity index (χ3n) is 4.59. The molecule has 0 unspecified atom stereocenters. The number of benzene rings is 1. The number of likely N-dealkylation sites (tertiary alicyclic amines) is 1. The van der Waals surface area contributed by atoms with Crippen molar-refractivity contribution in [2.75, 3.05) is 19.3 Å². The molecule has 9 nitrogen and oxygen atoms in total. The van der Waals surface area contributed by atoms with Crippen molar-refractivity contribution in [2.45, 2.75) is 44.9 Å². The first-order valence-electron chi connectivity index (χ1n) is 9.19. The molecule has 1 saturated heterocycles. The van der Waals surface area contributed by atoms with Gasteiger partial charge in [-0.25, -0.2) is 4.79 Å². The first kappa shape index (κ1) is 21.3. The number of carbonyl (C=O) groups excluding carboxylic acids is 3. The topological polar surface area (TPSA) is 110 Å². The molecule has 0 aliphatic carbocycles. The highest BCUT2D eigenvalue weighted by Gasteiger charge is 2.44. The summed E-state index contributed by atoms with van der Waals surface area (Å²) in [5.41, 5.74) is -0.140. The Kier molecular flexibility index (Phi) is 5.44. The molecular formula is C19H24N2O7S. The van der Waals surface area contributed by atoms with E-state index in [1.165, 1.54) is 4.90 Å². The Bertz CT molecular complexity index is 917. The molecule has 0 bridgehead atoms. The van der Waals surface area contributed by atoms with Gasteiger partial charge in [-0.3, -0.25) is 18.7 Å². The van der Waals surface area contributed by atoms with Gasteiger partial charge in [0, 0.05) is 0 Å². The smallest absolute Gasteiger partial charge is 0.410 e. The molecule has 0 aromatic heterocycles. The standard InChI is InChI=1S/C19H24N2O7S/c1-19(2,3)27-18(24)20-11-13(28-29(4,25)26)9-12(20)10-21-16(22)14-7-5-6-8-15(14)17(21)23/h5-8,12-13H,9-11H2,1-4H3/t12-,13+/m0/s1. The monoisotopic (exact) mass is 424 g/mol. The van der Waals surface area contributed by atoms with Gasteiger partial charge in [-0.15, -0.1) is 0 Å². The first-order valence-corrected chi connectivity index (χ1v) is 11.0. The fourth-order valence-corrected chi connectivity index (χ4v) is 4.16. The van der Waals surface area contributed by atoms with Gasteiger partial charge >= 0.3 is 6.09 Å². The summed E-state index contributed by atoms with van der Waals surface area (Å²) in [7, 11) is -3.73. The van der Waals surface area contributed by atoms with Crippen LogP contribution in [0.25, 0.3) is 0 Å². The van der Waals surface area contributed by atoms with Gasteiger partial charge in [-0.05, 0) is 39.3 Å². The summed E-state index contributed by atoms with van der Waals surface area (Å²) in [6.07, 6.45) is -0.349. The maximum Gasteiger partial charge on any atom is 0.410 e. The minimum atomic E-state index is -3.73. The molecule has 29 heavy (non-hydrogen) atoms. The summed E-state index contributed by atoms with van der Waals surface area (Å²) in [6.45, 7) is 5.05. The van der Waals surface area contributed by atoms with Gasteiger partial charge in [0.25, 0.3) is 21.9 Å². The summed E-state index contributed by atoms with van der Waals surface area (Å²) in [4.78, 5) is 40.4. The normalized spacial score (nSPS) is 22.2. The molecule has 2 aliphatic rings. The van der Waals surface area contributed by atoms with Crippen LogP contribution >= 0.6 is 0 Å². The molecule has 0 N–H and O–H groups in total. The minimum absolute atomic E-state index is 0.0180. The highest BCUT2D eigenvalue weighted by molar-refractivity contribution is 7.86. The molecule has 3 rings (SSSR count). The number of ether oxygens (including phenoxy) is 1. The Morgan fingerprint density at radius 2 is 1.69 bits per heavy atom.